The van der Waals surface area contributed by atoms with Crippen molar-refractivity contribution >= 4 is 11.6 Å². The predicted octanol–water partition coefficient (Wildman–Crippen LogP) is 2.42. The number of rotatable bonds is 4. The largest absolute Gasteiger partial charge is 0.487 e. The Labute approximate surface area is 111 Å². The fourth-order valence-corrected chi connectivity index (χ4v) is 1.97. The van der Waals surface area contributed by atoms with E-state index in [0.29, 0.717) is 18.2 Å². The first-order chi connectivity index (χ1) is 8.61. The highest BCUT2D eigenvalue weighted by atomic mass is 35.5. The Morgan fingerprint density at radius 1 is 1.44 bits per heavy atom. The van der Waals surface area contributed by atoms with Crippen LogP contribution in [0.4, 0.5) is 0 Å². The van der Waals surface area contributed by atoms with Crippen LogP contribution in [0.25, 0.3) is 0 Å². The quantitative estimate of drug-likeness (QED) is 0.924. The van der Waals surface area contributed by atoms with Gasteiger partial charge in [0.2, 0.25) is 0 Å². The second-order valence-corrected chi connectivity index (χ2v) is 4.49. The number of benzene rings is 1. The SMILES string of the molecule is Cc1nn(C)c(COc2cccc(CN)c2)c1Cl. The van der Waals surface area contributed by atoms with Gasteiger partial charge in [-0.3, -0.25) is 4.68 Å². The highest BCUT2D eigenvalue weighted by molar-refractivity contribution is 6.31. The van der Waals surface area contributed by atoms with E-state index in [1.54, 1.807) is 4.68 Å². The third-order valence-electron chi connectivity index (χ3n) is 2.77. The molecule has 0 fully saturated rings. The summed E-state index contributed by atoms with van der Waals surface area (Å²) < 4.78 is 7.45. The Morgan fingerprint density at radius 3 is 2.83 bits per heavy atom. The summed E-state index contributed by atoms with van der Waals surface area (Å²) >= 11 is 6.16. The molecule has 2 aromatic rings. The Hall–Kier alpha value is -1.52. The average Bonchev–Trinajstić information content (AvgIpc) is 2.61. The van der Waals surface area contributed by atoms with Crippen LogP contribution in [-0.2, 0) is 20.2 Å². The number of hydrogen-bond acceptors (Lipinski definition) is 3. The van der Waals surface area contributed by atoms with Gasteiger partial charge in [-0.15, -0.1) is 0 Å². The Bertz CT molecular complexity index is 551. The van der Waals surface area contributed by atoms with E-state index >= 15 is 0 Å². The summed E-state index contributed by atoms with van der Waals surface area (Å²) in [7, 11) is 1.86. The smallest absolute Gasteiger partial charge is 0.131 e. The van der Waals surface area contributed by atoms with E-state index < -0.39 is 0 Å². The number of nitrogens with zero attached hydrogens (tertiary/aromatic N) is 2. The van der Waals surface area contributed by atoms with Crippen LogP contribution >= 0.6 is 11.6 Å². The van der Waals surface area contributed by atoms with E-state index in [1.165, 1.54) is 0 Å². The summed E-state index contributed by atoms with van der Waals surface area (Å²) in [6.45, 7) is 2.77. The first kappa shape index (κ1) is 12.9. The van der Waals surface area contributed by atoms with Crippen molar-refractivity contribution in [2.24, 2.45) is 12.8 Å². The molecule has 2 N–H and O–H groups in total. The van der Waals surface area contributed by atoms with Gasteiger partial charge in [0, 0.05) is 13.6 Å². The maximum atomic E-state index is 6.16. The van der Waals surface area contributed by atoms with Gasteiger partial charge in [0.05, 0.1) is 16.4 Å². The molecule has 5 heteroatoms. The highest BCUT2D eigenvalue weighted by Crippen LogP contribution is 2.21. The van der Waals surface area contributed by atoms with Crippen molar-refractivity contribution in [3.63, 3.8) is 0 Å². The van der Waals surface area contributed by atoms with E-state index in [2.05, 4.69) is 5.10 Å². The molecule has 0 radical (unpaired) electrons. The molecule has 0 saturated carbocycles. The molecular weight excluding hydrogens is 250 g/mol. The monoisotopic (exact) mass is 265 g/mol. The number of halogens is 1. The van der Waals surface area contributed by atoms with Crippen LogP contribution in [0.2, 0.25) is 5.02 Å². The minimum absolute atomic E-state index is 0.393. The second kappa shape index (κ2) is 5.42. The van der Waals surface area contributed by atoms with E-state index in [0.717, 1.165) is 22.7 Å². The number of nitrogens with two attached hydrogens (primary N) is 1. The number of ether oxygens (including phenoxy) is 1. The van der Waals surface area contributed by atoms with Gasteiger partial charge in [0.15, 0.2) is 0 Å². The number of aromatic nitrogens is 2. The molecular formula is C13H16ClN3O. The van der Waals surface area contributed by atoms with Gasteiger partial charge in [0.1, 0.15) is 12.4 Å². The van der Waals surface area contributed by atoms with Gasteiger partial charge in [0.25, 0.3) is 0 Å². The van der Waals surface area contributed by atoms with Crippen LogP contribution in [0.5, 0.6) is 5.75 Å². The van der Waals surface area contributed by atoms with Gasteiger partial charge >= 0.3 is 0 Å². The molecule has 0 bridgehead atoms. The standard InChI is InChI=1S/C13H16ClN3O/c1-9-13(14)12(17(2)16-9)8-18-11-5-3-4-10(6-11)7-15/h3-6H,7-8,15H2,1-2H3. The van der Waals surface area contributed by atoms with E-state index in [9.17, 15) is 0 Å². The van der Waals surface area contributed by atoms with Crippen molar-refractivity contribution in [3.05, 3.63) is 46.2 Å². The van der Waals surface area contributed by atoms with Gasteiger partial charge in [-0.1, -0.05) is 23.7 Å². The molecule has 0 aliphatic carbocycles. The van der Waals surface area contributed by atoms with Crippen LogP contribution in [0, 0.1) is 6.92 Å². The normalized spacial score (nSPS) is 10.7. The zero-order valence-electron chi connectivity index (χ0n) is 10.5. The molecule has 1 aromatic heterocycles. The Balaban J connectivity index is 2.11. The topological polar surface area (TPSA) is 53.1 Å². The molecule has 1 aromatic carbocycles. The third-order valence-corrected chi connectivity index (χ3v) is 3.26. The summed E-state index contributed by atoms with van der Waals surface area (Å²) in [6, 6.07) is 7.72. The predicted molar refractivity (Wildman–Crippen MR) is 71.6 cm³/mol. The summed E-state index contributed by atoms with van der Waals surface area (Å²) in [4.78, 5) is 0. The van der Waals surface area contributed by atoms with Gasteiger partial charge < -0.3 is 10.5 Å². The van der Waals surface area contributed by atoms with E-state index in [1.807, 2.05) is 38.2 Å². The lowest BCUT2D eigenvalue weighted by atomic mass is 10.2. The van der Waals surface area contributed by atoms with Crippen molar-refractivity contribution < 1.29 is 4.74 Å². The van der Waals surface area contributed by atoms with Crippen molar-refractivity contribution in [3.8, 4) is 5.75 Å². The van der Waals surface area contributed by atoms with E-state index in [-0.39, 0.29) is 0 Å². The van der Waals surface area contributed by atoms with Crippen LogP contribution in [0.15, 0.2) is 24.3 Å². The molecule has 0 spiro atoms. The van der Waals surface area contributed by atoms with Crippen LogP contribution in [0.1, 0.15) is 17.0 Å². The Kier molecular flexibility index (Phi) is 3.89. The van der Waals surface area contributed by atoms with Crippen LogP contribution in [0.3, 0.4) is 0 Å². The maximum Gasteiger partial charge on any atom is 0.131 e. The molecule has 2 rings (SSSR count). The molecule has 0 atom stereocenters. The lowest BCUT2D eigenvalue weighted by Gasteiger charge is -2.08. The fraction of sp³-hybridized carbons (Fsp3) is 0.308. The minimum Gasteiger partial charge on any atom is -0.487 e. The summed E-state index contributed by atoms with van der Waals surface area (Å²) in [5, 5.41) is 4.90. The van der Waals surface area contributed by atoms with E-state index in [4.69, 9.17) is 22.1 Å². The highest BCUT2D eigenvalue weighted by Gasteiger charge is 2.11. The number of aryl methyl sites for hydroxylation is 2. The van der Waals surface area contributed by atoms with Crippen molar-refractivity contribution in [2.75, 3.05) is 0 Å². The summed E-state index contributed by atoms with van der Waals surface area (Å²) in [5.74, 6) is 0.785. The fourth-order valence-electron chi connectivity index (χ4n) is 1.75. The summed E-state index contributed by atoms with van der Waals surface area (Å²) in [6.07, 6.45) is 0. The van der Waals surface area contributed by atoms with Gasteiger partial charge in [-0.05, 0) is 24.6 Å². The van der Waals surface area contributed by atoms with Crippen molar-refractivity contribution in [1.29, 1.82) is 0 Å². The molecule has 0 aliphatic rings. The molecule has 18 heavy (non-hydrogen) atoms. The molecule has 96 valence electrons. The third kappa shape index (κ3) is 2.66. The molecule has 0 amide bonds. The van der Waals surface area contributed by atoms with Crippen LogP contribution in [-0.4, -0.2) is 9.78 Å². The molecule has 1 heterocycles. The average molecular weight is 266 g/mol. The zero-order valence-corrected chi connectivity index (χ0v) is 11.2. The maximum absolute atomic E-state index is 6.16. The van der Waals surface area contributed by atoms with Gasteiger partial charge in [-0.2, -0.15) is 5.10 Å². The minimum atomic E-state index is 0.393. The summed E-state index contributed by atoms with van der Waals surface area (Å²) in [5.41, 5.74) is 8.31. The zero-order chi connectivity index (χ0) is 13.1. The van der Waals surface area contributed by atoms with Gasteiger partial charge in [-0.25, -0.2) is 0 Å². The molecule has 0 saturated heterocycles. The molecule has 0 aliphatic heterocycles. The van der Waals surface area contributed by atoms with Crippen LogP contribution < -0.4 is 10.5 Å². The number of hydrogen-bond donors (Lipinski definition) is 1. The Morgan fingerprint density at radius 2 is 2.22 bits per heavy atom. The molecule has 0 unspecified atom stereocenters. The lowest BCUT2D eigenvalue weighted by molar-refractivity contribution is 0.294. The lowest BCUT2D eigenvalue weighted by Crippen LogP contribution is -2.04. The van der Waals surface area contributed by atoms with Crippen molar-refractivity contribution in [2.45, 2.75) is 20.1 Å². The molecule has 4 nitrogen and oxygen atoms in total. The van der Waals surface area contributed by atoms with Crippen molar-refractivity contribution in [1.82, 2.24) is 9.78 Å². The second-order valence-electron chi connectivity index (χ2n) is 4.11. The first-order valence-electron chi connectivity index (χ1n) is 5.71. The first-order valence-corrected chi connectivity index (χ1v) is 6.09.